The summed E-state index contributed by atoms with van der Waals surface area (Å²) < 4.78 is 1.73. The highest BCUT2D eigenvalue weighted by Gasteiger charge is 2.27. The first kappa shape index (κ1) is 17.8. The number of nitrogens with zero attached hydrogens (tertiary/aromatic N) is 6. The molecule has 1 fully saturated rings. The van der Waals surface area contributed by atoms with E-state index < -0.39 is 0 Å². The molecule has 2 aromatic heterocycles. The van der Waals surface area contributed by atoms with E-state index >= 15 is 0 Å². The highest BCUT2D eigenvalue weighted by Crippen LogP contribution is 2.19. The SMILES string of the molecule is Cc1ccc(-n2cnnc2)c(C(=O)N2CCN(C(=O)c3cccnc3)CC2)c1. The number of amides is 2. The predicted octanol–water partition coefficient (Wildman–Crippen LogP) is 1.57. The molecule has 0 radical (unpaired) electrons. The van der Waals surface area contributed by atoms with Gasteiger partial charge in [0.15, 0.2) is 0 Å². The number of rotatable bonds is 3. The summed E-state index contributed by atoms with van der Waals surface area (Å²) >= 11 is 0. The average molecular weight is 376 g/mol. The largest absolute Gasteiger partial charge is 0.335 e. The zero-order valence-electron chi connectivity index (χ0n) is 15.5. The molecule has 4 rings (SSSR count). The van der Waals surface area contributed by atoms with Crippen molar-refractivity contribution in [2.24, 2.45) is 0 Å². The lowest BCUT2D eigenvalue weighted by Gasteiger charge is -2.35. The van der Waals surface area contributed by atoms with Gasteiger partial charge in [-0.1, -0.05) is 11.6 Å². The molecule has 142 valence electrons. The number of piperazine rings is 1. The van der Waals surface area contributed by atoms with E-state index in [0.717, 1.165) is 11.3 Å². The topological polar surface area (TPSA) is 84.2 Å². The van der Waals surface area contributed by atoms with Gasteiger partial charge in [0.25, 0.3) is 11.8 Å². The van der Waals surface area contributed by atoms with E-state index in [2.05, 4.69) is 15.2 Å². The standard InChI is InChI=1S/C20H20N6O2/c1-15-4-5-18(26-13-22-23-14-26)17(11-15)20(28)25-9-7-24(8-10-25)19(27)16-3-2-6-21-12-16/h2-6,11-14H,7-10H2,1H3. The number of aryl methyl sites for hydroxylation is 1. The molecule has 2 amide bonds. The highest BCUT2D eigenvalue weighted by molar-refractivity contribution is 5.98. The molecule has 28 heavy (non-hydrogen) atoms. The van der Waals surface area contributed by atoms with Crippen molar-refractivity contribution in [2.45, 2.75) is 6.92 Å². The number of hydrogen-bond donors (Lipinski definition) is 0. The van der Waals surface area contributed by atoms with Crippen LogP contribution in [0.25, 0.3) is 5.69 Å². The van der Waals surface area contributed by atoms with Crippen molar-refractivity contribution in [1.82, 2.24) is 29.5 Å². The van der Waals surface area contributed by atoms with Crippen LogP contribution < -0.4 is 0 Å². The quantitative estimate of drug-likeness (QED) is 0.693. The van der Waals surface area contributed by atoms with Crippen molar-refractivity contribution < 1.29 is 9.59 Å². The van der Waals surface area contributed by atoms with Gasteiger partial charge in [0.05, 0.1) is 16.8 Å². The maximum atomic E-state index is 13.2. The molecule has 0 saturated carbocycles. The smallest absolute Gasteiger partial charge is 0.256 e. The van der Waals surface area contributed by atoms with Crippen LogP contribution in [-0.2, 0) is 0 Å². The Labute approximate surface area is 162 Å². The third-order valence-corrected chi connectivity index (χ3v) is 4.84. The van der Waals surface area contributed by atoms with E-state index in [9.17, 15) is 9.59 Å². The van der Waals surface area contributed by atoms with E-state index in [1.807, 2.05) is 25.1 Å². The van der Waals surface area contributed by atoms with Crippen LogP contribution in [0.15, 0.2) is 55.4 Å². The number of carbonyl (C=O) groups is 2. The second-order valence-corrected chi connectivity index (χ2v) is 6.72. The summed E-state index contributed by atoms with van der Waals surface area (Å²) in [5, 5.41) is 7.66. The first-order valence-electron chi connectivity index (χ1n) is 9.08. The maximum absolute atomic E-state index is 13.2. The summed E-state index contributed by atoms with van der Waals surface area (Å²) in [5.41, 5.74) is 2.92. The Balaban J connectivity index is 1.49. The van der Waals surface area contributed by atoms with Crippen LogP contribution >= 0.6 is 0 Å². The van der Waals surface area contributed by atoms with E-state index in [1.54, 1.807) is 51.5 Å². The van der Waals surface area contributed by atoms with Gasteiger partial charge in [-0.2, -0.15) is 0 Å². The normalized spacial score (nSPS) is 14.2. The summed E-state index contributed by atoms with van der Waals surface area (Å²) in [6.45, 7) is 3.92. The van der Waals surface area contributed by atoms with Crippen LogP contribution in [0.3, 0.4) is 0 Å². The third-order valence-electron chi connectivity index (χ3n) is 4.84. The van der Waals surface area contributed by atoms with Gasteiger partial charge in [-0.25, -0.2) is 0 Å². The van der Waals surface area contributed by atoms with E-state index in [4.69, 9.17) is 0 Å². The summed E-state index contributed by atoms with van der Waals surface area (Å²) in [5.74, 6) is -0.109. The lowest BCUT2D eigenvalue weighted by Crippen LogP contribution is -2.50. The van der Waals surface area contributed by atoms with E-state index in [1.165, 1.54) is 0 Å². The molecule has 8 heteroatoms. The molecule has 3 aromatic rings. The Kier molecular flexibility index (Phi) is 4.84. The first-order chi connectivity index (χ1) is 13.6. The molecule has 8 nitrogen and oxygen atoms in total. The fraction of sp³-hybridized carbons (Fsp3) is 0.250. The molecule has 1 aromatic carbocycles. The van der Waals surface area contributed by atoms with Crippen LogP contribution in [0.2, 0.25) is 0 Å². The second-order valence-electron chi connectivity index (χ2n) is 6.72. The van der Waals surface area contributed by atoms with Gasteiger partial charge in [0.2, 0.25) is 0 Å². The fourth-order valence-electron chi connectivity index (χ4n) is 3.33. The summed E-state index contributed by atoms with van der Waals surface area (Å²) in [7, 11) is 0. The first-order valence-corrected chi connectivity index (χ1v) is 9.08. The minimum Gasteiger partial charge on any atom is -0.335 e. The molecule has 0 aliphatic carbocycles. The van der Waals surface area contributed by atoms with Crippen LogP contribution in [0.1, 0.15) is 26.3 Å². The van der Waals surface area contributed by atoms with Crippen LogP contribution in [0.5, 0.6) is 0 Å². The zero-order valence-corrected chi connectivity index (χ0v) is 15.5. The Morgan fingerprint density at radius 3 is 2.25 bits per heavy atom. The second kappa shape index (κ2) is 7.59. The lowest BCUT2D eigenvalue weighted by molar-refractivity contribution is 0.0535. The summed E-state index contributed by atoms with van der Waals surface area (Å²) in [4.78, 5) is 33.3. The van der Waals surface area contributed by atoms with Crippen LogP contribution in [0.4, 0.5) is 0 Å². The van der Waals surface area contributed by atoms with Gasteiger partial charge in [-0.3, -0.25) is 19.1 Å². The number of benzene rings is 1. The third kappa shape index (κ3) is 3.48. The van der Waals surface area contributed by atoms with Gasteiger partial charge < -0.3 is 9.80 Å². The molecular formula is C20H20N6O2. The van der Waals surface area contributed by atoms with Crippen molar-refractivity contribution in [3.63, 3.8) is 0 Å². The number of aromatic nitrogens is 4. The van der Waals surface area contributed by atoms with Gasteiger partial charge in [-0.05, 0) is 31.2 Å². The Morgan fingerprint density at radius 1 is 0.929 bits per heavy atom. The molecule has 1 aliphatic rings. The molecule has 0 bridgehead atoms. The summed E-state index contributed by atoms with van der Waals surface area (Å²) in [6, 6.07) is 9.23. The van der Waals surface area contributed by atoms with Gasteiger partial charge in [-0.15, -0.1) is 10.2 Å². The highest BCUT2D eigenvalue weighted by atomic mass is 16.2. The zero-order chi connectivity index (χ0) is 19.5. The average Bonchev–Trinajstić information content (AvgIpc) is 3.28. The van der Waals surface area contributed by atoms with Gasteiger partial charge in [0.1, 0.15) is 12.7 Å². The minimum absolute atomic E-state index is 0.0547. The maximum Gasteiger partial charge on any atom is 0.256 e. The summed E-state index contributed by atoms with van der Waals surface area (Å²) in [6.07, 6.45) is 6.36. The monoisotopic (exact) mass is 376 g/mol. The van der Waals surface area contributed by atoms with Crippen molar-refractivity contribution in [1.29, 1.82) is 0 Å². The molecule has 0 spiro atoms. The van der Waals surface area contributed by atoms with Crippen LogP contribution in [-0.4, -0.2) is 67.5 Å². The molecule has 0 N–H and O–H groups in total. The van der Waals surface area contributed by atoms with E-state index in [0.29, 0.717) is 37.3 Å². The van der Waals surface area contributed by atoms with Crippen molar-refractivity contribution in [2.75, 3.05) is 26.2 Å². The molecule has 1 saturated heterocycles. The molecule has 0 unspecified atom stereocenters. The number of hydrogen-bond acceptors (Lipinski definition) is 5. The van der Waals surface area contributed by atoms with Crippen molar-refractivity contribution >= 4 is 11.8 Å². The Hall–Kier alpha value is -3.55. The number of pyridine rings is 1. The molecular weight excluding hydrogens is 356 g/mol. The number of carbonyl (C=O) groups excluding carboxylic acids is 2. The predicted molar refractivity (Wildman–Crippen MR) is 102 cm³/mol. The molecule has 1 aliphatic heterocycles. The van der Waals surface area contributed by atoms with E-state index in [-0.39, 0.29) is 11.8 Å². The molecule has 0 atom stereocenters. The Morgan fingerprint density at radius 2 is 1.61 bits per heavy atom. The van der Waals surface area contributed by atoms with Crippen LogP contribution in [0, 0.1) is 6.92 Å². The van der Waals surface area contributed by atoms with Crippen molar-refractivity contribution in [3.8, 4) is 5.69 Å². The minimum atomic E-state index is -0.0547. The van der Waals surface area contributed by atoms with Gasteiger partial charge in [0, 0.05) is 38.6 Å². The van der Waals surface area contributed by atoms with Crippen molar-refractivity contribution in [3.05, 3.63) is 72.1 Å². The Bertz CT molecular complexity index is 979. The lowest BCUT2D eigenvalue weighted by atomic mass is 10.1. The van der Waals surface area contributed by atoms with Gasteiger partial charge >= 0.3 is 0 Å². The fourth-order valence-corrected chi connectivity index (χ4v) is 3.33. The molecule has 3 heterocycles.